The average molecular weight is 966 g/mol. The maximum atomic E-state index is 13.6. The minimum Gasteiger partial charge on any atom is -0.494 e. The maximum Gasteiger partial charge on any atom is 0.296 e. The Labute approximate surface area is 369 Å². The quantitative estimate of drug-likeness (QED) is 0.0574. The highest BCUT2D eigenvalue weighted by Gasteiger charge is 2.38. The van der Waals surface area contributed by atoms with E-state index in [0.717, 1.165) is 11.8 Å². The van der Waals surface area contributed by atoms with E-state index in [4.69, 9.17) is 9.47 Å². The van der Waals surface area contributed by atoms with Crippen LogP contribution < -0.4 is 25.6 Å². The predicted octanol–water partition coefficient (Wildman–Crippen LogP) is 5.39. The third kappa shape index (κ3) is 9.57. The Balaban J connectivity index is 1.17. The number of para-hydroxylation sites is 1. The second-order valence-electron chi connectivity index (χ2n) is 13.7. The lowest BCUT2D eigenvalue weighted by atomic mass is 9.94. The predicted molar refractivity (Wildman–Crippen MR) is 237 cm³/mol. The Kier molecular flexibility index (Phi) is 12.1. The first-order chi connectivity index (χ1) is 30.5. The monoisotopic (exact) mass is 965 g/mol. The molecule has 0 fully saturated rings. The molecule has 0 aliphatic heterocycles. The summed E-state index contributed by atoms with van der Waals surface area (Å²) in [4.78, 5) is 22.9. The Hall–Kier alpha value is -7.10. The maximum absolute atomic E-state index is 13.6. The zero-order valence-corrected chi connectivity index (χ0v) is 36.4. The van der Waals surface area contributed by atoms with Crippen LogP contribution in [0.1, 0.15) is 31.8 Å². The summed E-state index contributed by atoms with van der Waals surface area (Å²) in [7, 11) is -18.3. The van der Waals surface area contributed by atoms with Gasteiger partial charge >= 0.3 is 0 Å². The van der Waals surface area contributed by atoms with Crippen LogP contribution >= 0.6 is 0 Å². The van der Waals surface area contributed by atoms with Crippen molar-refractivity contribution in [3.05, 3.63) is 129 Å². The number of nitrogens with zero attached hydrogens (tertiary/aromatic N) is 2. The van der Waals surface area contributed by atoms with E-state index in [1.807, 2.05) is 30.3 Å². The van der Waals surface area contributed by atoms with E-state index >= 15 is 0 Å². The number of anilines is 4. The fraction of sp³-hybridized carbons (Fsp3) is 0.0500. The molecule has 0 atom stereocenters. The van der Waals surface area contributed by atoms with E-state index in [2.05, 4.69) is 26.4 Å². The molecule has 25 heteroatoms. The molecule has 0 saturated heterocycles. The molecule has 0 amide bonds. The van der Waals surface area contributed by atoms with E-state index in [9.17, 15) is 61.5 Å². The summed E-state index contributed by atoms with van der Waals surface area (Å²) in [6, 6.07) is 23.5. The lowest BCUT2D eigenvalue weighted by Crippen LogP contribution is -2.29. The number of carbonyl (C=O) groups excluding carboxylic acids is 2. The smallest absolute Gasteiger partial charge is 0.296 e. The summed E-state index contributed by atoms with van der Waals surface area (Å²) in [5.74, 6) is -2.12. The lowest BCUT2D eigenvalue weighted by Gasteiger charge is -2.19. The topological polar surface area (TPSA) is 331 Å². The van der Waals surface area contributed by atoms with Crippen LogP contribution in [0.15, 0.2) is 127 Å². The number of Topliss-reactive ketones (excluding diaryl/α,β-unsaturated/α-hetero) is 2. The van der Waals surface area contributed by atoms with Crippen molar-refractivity contribution in [3.8, 4) is 22.6 Å². The largest absolute Gasteiger partial charge is 0.494 e. The highest BCUT2D eigenvalue weighted by Crippen LogP contribution is 2.37. The van der Waals surface area contributed by atoms with Crippen LogP contribution in [0.5, 0.6) is 11.5 Å². The molecule has 5 aromatic rings. The number of benzene rings is 5. The minimum atomic E-state index is -5.39. The number of nitrogens with one attached hydrogen (secondary N) is 3. The minimum absolute atomic E-state index is 0.0139. The van der Waals surface area contributed by atoms with E-state index in [1.165, 1.54) is 50.6 Å². The van der Waals surface area contributed by atoms with Gasteiger partial charge in [-0.25, -0.2) is 0 Å². The van der Waals surface area contributed by atoms with Crippen LogP contribution in [0.25, 0.3) is 23.3 Å². The summed E-state index contributed by atoms with van der Waals surface area (Å²) < 4.78 is 148. The molecular formula is C40H31N5O16S4. The van der Waals surface area contributed by atoms with Crippen molar-refractivity contribution in [2.45, 2.75) is 9.79 Å². The van der Waals surface area contributed by atoms with Crippen molar-refractivity contribution in [1.29, 1.82) is 0 Å². The fourth-order valence-electron chi connectivity index (χ4n) is 6.63. The van der Waals surface area contributed by atoms with Crippen molar-refractivity contribution < 1.29 is 70.9 Å². The molecular weight excluding hydrogens is 935 g/mol. The molecule has 0 radical (unpaired) electrons. The van der Waals surface area contributed by atoms with E-state index in [0.29, 0.717) is 29.0 Å². The second kappa shape index (κ2) is 17.1. The number of methoxy groups -OCH3 is 2. The molecule has 0 saturated carbocycles. The summed E-state index contributed by atoms with van der Waals surface area (Å²) in [5.41, 5.74) is 4.43. The van der Waals surface area contributed by atoms with Gasteiger partial charge in [-0.3, -0.25) is 38.7 Å². The van der Waals surface area contributed by atoms with Crippen LogP contribution in [-0.2, 0) is 40.5 Å². The van der Waals surface area contributed by atoms with Gasteiger partial charge in [-0.15, -0.1) is 0 Å². The van der Waals surface area contributed by atoms with Gasteiger partial charge in [0.15, 0.2) is 11.4 Å². The highest BCUT2D eigenvalue weighted by molar-refractivity contribution is 7.91. The van der Waals surface area contributed by atoms with E-state index in [1.54, 1.807) is 18.2 Å². The molecule has 7 rings (SSSR count). The number of hydrogen-bond donors (Lipinski definition) is 7. The standard InChI is InChI=1S/C40H31N5O16S4/c1-60-31-16-21(8-12-29(31)42-44-37-34(64(54,55)56)18-23-14-26(10-11-28(23)39(37)46)41-25-6-4-3-5-7-25)22-9-13-30(32(17-22)61-2)43-45-38-35(65(57,58)59)19-24-15-27(62(48,49)50)20-33(63(51,52)53)36(24)40(38)47/h3-20,41-43H,1-2H3,(H,48,49,50)(H,51,52,53)(H,54,55,56)(H,57,58,59). The molecule has 2 aliphatic carbocycles. The molecule has 2 aliphatic rings. The van der Waals surface area contributed by atoms with Crippen molar-refractivity contribution >= 4 is 98.4 Å². The normalized spacial score (nSPS) is 15.4. The molecule has 65 heavy (non-hydrogen) atoms. The fourth-order valence-corrected chi connectivity index (χ4v) is 9.31. The molecule has 21 nitrogen and oxygen atoms in total. The highest BCUT2D eigenvalue weighted by atomic mass is 32.2. The molecule has 336 valence electrons. The Bertz CT molecular complexity index is 3460. The van der Waals surface area contributed by atoms with Gasteiger partial charge in [-0.05, 0) is 101 Å². The number of ether oxygens (including phenoxy) is 2. The molecule has 7 N–H and O–H groups in total. The number of ketones is 2. The summed E-state index contributed by atoms with van der Waals surface area (Å²) in [6.07, 6.45) is 1.64. The Morgan fingerprint density at radius 3 is 1.54 bits per heavy atom. The SMILES string of the molecule is COc1cc(-c2ccc(NN=C3C(=O)c4c(cc(S(=O)(=O)O)cc4S(=O)(=O)O)C=C3S(=O)(=O)O)c(OC)c2)ccc1NN=C1C(=O)c2ccc(Nc3ccccc3)cc2C=C1S(=O)(=O)O. The van der Waals surface area contributed by atoms with Gasteiger partial charge < -0.3 is 14.8 Å². The van der Waals surface area contributed by atoms with Gasteiger partial charge in [0.1, 0.15) is 26.2 Å². The molecule has 5 aromatic carbocycles. The van der Waals surface area contributed by atoms with Gasteiger partial charge in [0.05, 0.1) is 36.1 Å². The zero-order valence-electron chi connectivity index (χ0n) is 33.1. The third-order valence-corrected chi connectivity index (χ3v) is 13.0. The summed E-state index contributed by atoms with van der Waals surface area (Å²) in [6.45, 7) is 0. The second-order valence-corrected chi connectivity index (χ2v) is 19.3. The van der Waals surface area contributed by atoms with E-state index in [-0.39, 0.29) is 40.1 Å². The van der Waals surface area contributed by atoms with Gasteiger partial charge in [0.25, 0.3) is 40.5 Å². The number of hydrazone groups is 2. The van der Waals surface area contributed by atoms with Gasteiger partial charge in [0, 0.05) is 16.9 Å². The summed E-state index contributed by atoms with van der Waals surface area (Å²) >= 11 is 0. The molecule has 0 bridgehead atoms. The van der Waals surface area contributed by atoms with Crippen molar-refractivity contribution in [3.63, 3.8) is 0 Å². The number of carbonyl (C=O) groups is 2. The van der Waals surface area contributed by atoms with Gasteiger partial charge in [-0.1, -0.05) is 30.3 Å². The van der Waals surface area contributed by atoms with E-state index < -0.39 is 94.2 Å². The number of fused-ring (bicyclic) bond motifs is 2. The molecule has 0 spiro atoms. The van der Waals surface area contributed by atoms with Gasteiger partial charge in [0.2, 0.25) is 11.6 Å². The average Bonchev–Trinajstić information content (AvgIpc) is 3.24. The molecule has 0 heterocycles. The first kappa shape index (κ1) is 45.9. The number of rotatable bonds is 13. The molecule has 0 unspecified atom stereocenters. The van der Waals surface area contributed by atoms with Crippen LogP contribution in [-0.4, -0.2) is 89.1 Å². The number of allylic oxidation sites excluding steroid dienone is 2. The third-order valence-electron chi connectivity index (χ3n) is 9.61. The van der Waals surface area contributed by atoms with Gasteiger partial charge in [-0.2, -0.15) is 43.9 Å². The van der Waals surface area contributed by atoms with Crippen LogP contribution in [0.4, 0.5) is 22.7 Å². The van der Waals surface area contributed by atoms with Crippen molar-refractivity contribution in [2.75, 3.05) is 30.4 Å². The van der Waals surface area contributed by atoms with Crippen LogP contribution in [0, 0.1) is 0 Å². The first-order valence-corrected chi connectivity index (χ1v) is 23.9. The number of hydrogen-bond acceptors (Lipinski definition) is 17. The zero-order chi connectivity index (χ0) is 47.2. The van der Waals surface area contributed by atoms with Crippen molar-refractivity contribution in [2.24, 2.45) is 10.2 Å². The van der Waals surface area contributed by atoms with Crippen LogP contribution in [0.2, 0.25) is 0 Å². The molecule has 0 aromatic heterocycles. The van der Waals surface area contributed by atoms with Crippen molar-refractivity contribution in [1.82, 2.24) is 0 Å². The summed E-state index contributed by atoms with van der Waals surface area (Å²) in [5, 5.41) is 11.0. The van der Waals surface area contributed by atoms with Crippen LogP contribution in [0.3, 0.4) is 0 Å². The Morgan fingerprint density at radius 2 is 1.05 bits per heavy atom. The first-order valence-electron chi connectivity index (χ1n) is 18.1. The Morgan fingerprint density at radius 1 is 0.523 bits per heavy atom. The lowest BCUT2D eigenvalue weighted by molar-refractivity contribution is 0.105.